The number of halogens is 1. The van der Waals surface area contributed by atoms with Gasteiger partial charge in [0.25, 0.3) is 5.56 Å². The van der Waals surface area contributed by atoms with Gasteiger partial charge in [-0.1, -0.05) is 37.6 Å². The van der Waals surface area contributed by atoms with Gasteiger partial charge in [0.1, 0.15) is 12.4 Å². The van der Waals surface area contributed by atoms with Crippen LogP contribution in [0.1, 0.15) is 13.8 Å². The Bertz CT molecular complexity index is 1140. The standard InChI is InChI=1S/C21H23ClN4O2S.C2H6/c1-24-8-10-25(11-9-24)12-13-28-15-6-7-18-16(14-15)20(27)26(21(29)23-18)19-5-3-2-4-17(19)22;1-2/h2-7,14H,8-13H2,1H3,(H,23,29);1-2H3. The Hall–Kier alpha value is -2.19. The molecule has 0 unspecified atom stereocenters. The summed E-state index contributed by atoms with van der Waals surface area (Å²) in [6, 6.07) is 12.6. The zero-order valence-electron chi connectivity index (χ0n) is 18.2. The zero-order chi connectivity index (χ0) is 22.4. The topological polar surface area (TPSA) is 53.5 Å². The molecule has 0 amide bonds. The third kappa shape index (κ3) is 5.54. The number of nitrogens with zero attached hydrogens (tertiary/aromatic N) is 3. The Morgan fingerprint density at radius 3 is 2.52 bits per heavy atom. The molecule has 1 aliphatic rings. The highest BCUT2D eigenvalue weighted by Crippen LogP contribution is 2.21. The van der Waals surface area contributed by atoms with Crippen molar-refractivity contribution in [3.05, 3.63) is 62.6 Å². The van der Waals surface area contributed by atoms with Gasteiger partial charge in [-0.15, -0.1) is 0 Å². The normalized spacial score (nSPS) is 14.8. The third-order valence-electron chi connectivity index (χ3n) is 5.23. The summed E-state index contributed by atoms with van der Waals surface area (Å²) < 4.78 is 7.66. The molecule has 31 heavy (non-hydrogen) atoms. The highest BCUT2D eigenvalue weighted by atomic mass is 35.5. The van der Waals surface area contributed by atoms with Crippen LogP contribution < -0.4 is 10.3 Å². The molecule has 2 aromatic carbocycles. The summed E-state index contributed by atoms with van der Waals surface area (Å²) in [5, 5.41) is 0.976. The van der Waals surface area contributed by atoms with Gasteiger partial charge >= 0.3 is 0 Å². The Kier molecular flexibility index (Phi) is 8.26. The van der Waals surface area contributed by atoms with E-state index in [0.717, 1.165) is 32.7 Å². The van der Waals surface area contributed by atoms with Gasteiger partial charge < -0.3 is 14.6 Å². The van der Waals surface area contributed by atoms with Crippen LogP contribution in [0.15, 0.2) is 47.3 Å². The molecule has 1 N–H and O–H groups in total. The van der Waals surface area contributed by atoms with Gasteiger partial charge in [-0.2, -0.15) is 0 Å². The molecule has 0 atom stereocenters. The number of aromatic amines is 1. The number of nitrogens with one attached hydrogen (secondary N) is 1. The van der Waals surface area contributed by atoms with Crippen LogP contribution in [0.4, 0.5) is 0 Å². The molecule has 0 bridgehead atoms. The lowest BCUT2D eigenvalue weighted by Gasteiger charge is -2.32. The highest BCUT2D eigenvalue weighted by Gasteiger charge is 2.14. The highest BCUT2D eigenvalue weighted by molar-refractivity contribution is 7.71. The number of hydrogen-bond acceptors (Lipinski definition) is 5. The molecule has 0 radical (unpaired) electrons. The number of likely N-dealkylation sites (N-methyl/N-ethyl adjacent to an activating group) is 1. The lowest BCUT2D eigenvalue weighted by atomic mass is 10.2. The van der Waals surface area contributed by atoms with E-state index in [2.05, 4.69) is 21.8 Å². The average Bonchev–Trinajstić information content (AvgIpc) is 2.78. The van der Waals surface area contributed by atoms with Crippen molar-refractivity contribution in [2.24, 2.45) is 0 Å². The lowest BCUT2D eigenvalue weighted by Crippen LogP contribution is -2.45. The zero-order valence-corrected chi connectivity index (χ0v) is 19.8. The van der Waals surface area contributed by atoms with Crippen LogP contribution in [0.25, 0.3) is 16.6 Å². The Labute approximate surface area is 193 Å². The van der Waals surface area contributed by atoms with Gasteiger partial charge in [-0.05, 0) is 49.6 Å². The Morgan fingerprint density at radius 2 is 1.81 bits per heavy atom. The van der Waals surface area contributed by atoms with Crippen LogP contribution in [0.5, 0.6) is 5.75 Å². The van der Waals surface area contributed by atoms with Crippen LogP contribution in [-0.2, 0) is 0 Å². The molecule has 1 saturated heterocycles. The quantitative estimate of drug-likeness (QED) is 0.573. The predicted octanol–water partition coefficient (Wildman–Crippen LogP) is 4.35. The number of H-pyrrole nitrogens is 1. The average molecular weight is 461 g/mol. The molecule has 6 nitrogen and oxygen atoms in total. The summed E-state index contributed by atoms with van der Waals surface area (Å²) in [7, 11) is 2.14. The van der Waals surface area contributed by atoms with Gasteiger partial charge in [0, 0.05) is 32.7 Å². The van der Waals surface area contributed by atoms with Gasteiger partial charge in [-0.3, -0.25) is 14.3 Å². The van der Waals surface area contributed by atoms with Crippen molar-refractivity contribution in [3.8, 4) is 11.4 Å². The Morgan fingerprint density at radius 1 is 1.10 bits per heavy atom. The summed E-state index contributed by atoms with van der Waals surface area (Å²) in [6.07, 6.45) is 0. The first-order valence-electron chi connectivity index (χ1n) is 10.6. The third-order valence-corrected chi connectivity index (χ3v) is 5.84. The van der Waals surface area contributed by atoms with E-state index in [0.29, 0.717) is 38.7 Å². The van der Waals surface area contributed by atoms with Crippen molar-refractivity contribution in [1.29, 1.82) is 0 Å². The lowest BCUT2D eigenvalue weighted by molar-refractivity contribution is 0.134. The second-order valence-corrected chi connectivity index (χ2v) is 8.02. The fraction of sp³-hybridized carbons (Fsp3) is 0.391. The summed E-state index contributed by atoms with van der Waals surface area (Å²) in [4.78, 5) is 21.0. The van der Waals surface area contributed by atoms with E-state index in [1.54, 1.807) is 18.2 Å². The summed E-state index contributed by atoms with van der Waals surface area (Å²) in [5.74, 6) is 0.667. The molecule has 0 saturated carbocycles. The van der Waals surface area contributed by atoms with Crippen LogP contribution in [0, 0.1) is 4.77 Å². The molecule has 1 fully saturated rings. The number of rotatable bonds is 5. The minimum atomic E-state index is -0.221. The summed E-state index contributed by atoms with van der Waals surface area (Å²) in [5.41, 5.74) is 1.01. The molecule has 3 aromatic rings. The maximum Gasteiger partial charge on any atom is 0.266 e. The van der Waals surface area contributed by atoms with Crippen molar-refractivity contribution >= 4 is 34.7 Å². The largest absolute Gasteiger partial charge is 0.492 e. The van der Waals surface area contributed by atoms with Crippen molar-refractivity contribution in [1.82, 2.24) is 19.4 Å². The van der Waals surface area contributed by atoms with Crippen molar-refractivity contribution in [2.75, 3.05) is 46.4 Å². The second kappa shape index (κ2) is 10.9. The smallest absolute Gasteiger partial charge is 0.266 e. The van der Waals surface area contributed by atoms with Crippen LogP contribution in [-0.4, -0.2) is 65.7 Å². The number of ether oxygens (including phenoxy) is 1. The van der Waals surface area contributed by atoms with E-state index in [1.165, 1.54) is 4.57 Å². The van der Waals surface area contributed by atoms with Crippen molar-refractivity contribution in [2.45, 2.75) is 13.8 Å². The Balaban J connectivity index is 0.00000132. The van der Waals surface area contributed by atoms with E-state index in [-0.39, 0.29) is 5.56 Å². The van der Waals surface area contributed by atoms with E-state index in [1.807, 2.05) is 38.1 Å². The van der Waals surface area contributed by atoms with Gasteiger partial charge in [-0.25, -0.2) is 0 Å². The molecule has 4 rings (SSSR count). The monoisotopic (exact) mass is 460 g/mol. The fourth-order valence-corrected chi connectivity index (χ4v) is 4.01. The maximum absolute atomic E-state index is 13.2. The predicted molar refractivity (Wildman–Crippen MR) is 131 cm³/mol. The van der Waals surface area contributed by atoms with Gasteiger partial charge in [0.2, 0.25) is 0 Å². The van der Waals surface area contributed by atoms with E-state index in [9.17, 15) is 4.79 Å². The number of para-hydroxylation sites is 1. The number of fused-ring (bicyclic) bond motifs is 1. The van der Waals surface area contributed by atoms with Gasteiger partial charge in [0.05, 0.1) is 21.6 Å². The molecule has 1 aromatic heterocycles. The molecular weight excluding hydrogens is 432 g/mol. The molecule has 1 aliphatic heterocycles. The van der Waals surface area contributed by atoms with Gasteiger partial charge in [0.15, 0.2) is 4.77 Å². The van der Waals surface area contributed by atoms with Crippen molar-refractivity contribution in [3.63, 3.8) is 0 Å². The number of aromatic nitrogens is 2. The van der Waals surface area contributed by atoms with Crippen molar-refractivity contribution < 1.29 is 4.74 Å². The summed E-state index contributed by atoms with van der Waals surface area (Å²) in [6.45, 7) is 9.71. The van der Waals surface area contributed by atoms with Crippen LogP contribution in [0.2, 0.25) is 5.02 Å². The molecule has 2 heterocycles. The first-order chi connectivity index (χ1) is 15.0. The van der Waals surface area contributed by atoms with Crippen LogP contribution >= 0.6 is 23.8 Å². The molecule has 0 aliphatic carbocycles. The van der Waals surface area contributed by atoms with Crippen LogP contribution in [0.3, 0.4) is 0 Å². The number of piperazine rings is 1. The SMILES string of the molecule is CC.CN1CCN(CCOc2ccc3[nH]c(=S)n(-c4ccccc4Cl)c(=O)c3c2)CC1. The summed E-state index contributed by atoms with van der Waals surface area (Å²) >= 11 is 11.7. The first kappa shape index (κ1) is 23.5. The minimum Gasteiger partial charge on any atom is -0.492 e. The number of benzene rings is 2. The first-order valence-corrected chi connectivity index (χ1v) is 11.4. The van der Waals surface area contributed by atoms with E-state index >= 15 is 0 Å². The fourth-order valence-electron chi connectivity index (χ4n) is 3.50. The molecule has 8 heteroatoms. The van der Waals surface area contributed by atoms with E-state index < -0.39 is 0 Å². The second-order valence-electron chi connectivity index (χ2n) is 7.22. The molecular formula is C23H29ClN4O2S. The molecule has 166 valence electrons. The minimum absolute atomic E-state index is 0.221. The maximum atomic E-state index is 13.2. The van der Waals surface area contributed by atoms with E-state index in [4.69, 9.17) is 28.6 Å². The number of hydrogen-bond donors (Lipinski definition) is 1. The molecule has 0 spiro atoms.